The molecule has 0 bridgehead atoms. The van der Waals surface area contributed by atoms with Gasteiger partial charge in [0.15, 0.2) is 6.61 Å². The van der Waals surface area contributed by atoms with Crippen LogP contribution in [0.25, 0.3) is 10.8 Å². The molecule has 0 saturated carbocycles. The van der Waals surface area contributed by atoms with Crippen molar-refractivity contribution in [3.8, 4) is 11.5 Å². The third-order valence-electron chi connectivity index (χ3n) is 4.77. The normalized spacial score (nSPS) is 10.9. The summed E-state index contributed by atoms with van der Waals surface area (Å²) in [6.45, 7) is -0.189. The first-order valence-corrected chi connectivity index (χ1v) is 11.4. The molecular weight excluding hydrogens is 520 g/mol. The molecule has 1 amide bonds. The number of hydrogen-bond donors (Lipinski definition) is 1. The van der Waals surface area contributed by atoms with Crippen molar-refractivity contribution < 1.29 is 19.1 Å². The number of nitrogens with zero attached hydrogens (tertiary/aromatic N) is 1. The predicted molar refractivity (Wildman–Crippen MR) is 136 cm³/mol. The van der Waals surface area contributed by atoms with Crippen LogP contribution in [-0.2, 0) is 4.79 Å². The molecule has 0 aromatic heterocycles. The highest BCUT2D eigenvalue weighted by molar-refractivity contribution is 9.10. The molecule has 0 atom stereocenters. The van der Waals surface area contributed by atoms with Crippen molar-refractivity contribution in [2.75, 3.05) is 6.61 Å². The Bertz CT molecular complexity index is 1370. The maximum absolute atomic E-state index is 12.2. The smallest absolute Gasteiger partial charge is 0.345 e. The van der Waals surface area contributed by atoms with Gasteiger partial charge in [-0.3, -0.25) is 4.79 Å². The number of halogens is 2. The van der Waals surface area contributed by atoms with E-state index in [1.54, 1.807) is 48.5 Å². The average molecular weight is 538 g/mol. The van der Waals surface area contributed by atoms with Crippen molar-refractivity contribution >= 4 is 56.4 Å². The number of fused-ring (bicyclic) bond motifs is 1. The minimum atomic E-state index is -0.544. The molecule has 0 aliphatic heterocycles. The summed E-state index contributed by atoms with van der Waals surface area (Å²) in [4.78, 5) is 24.3. The average Bonchev–Trinajstić information content (AvgIpc) is 2.85. The van der Waals surface area contributed by atoms with E-state index < -0.39 is 11.9 Å². The largest absolute Gasteiger partial charge is 0.483 e. The van der Waals surface area contributed by atoms with Gasteiger partial charge in [0, 0.05) is 0 Å². The van der Waals surface area contributed by atoms with E-state index in [1.165, 1.54) is 6.21 Å². The highest BCUT2D eigenvalue weighted by Gasteiger charge is 2.12. The van der Waals surface area contributed by atoms with Crippen LogP contribution in [0, 0.1) is 0 Å². The van der Waals surface area contributed by atoms with Crippen LogP contribution >= 0.6 is 27.5 Å². The standard InChI is InChI=1S/C26H18BrClN2O4/c27-25-20-6-2-1-5-18(20)11-14-23(25)33-16-24(31)30-29-15-17-9-12-19(13-10-17)34-26(32)21-7-3-4-8-22(21)28/h1-15H,16H2,(H,30,31)/b29-15+. The fourth-order valence-corrected chi connectivity index (χ4v) is 3.91. The fraction of sp³-hybridized carbons (Fsp3) is 0.0385. The van der Waals surface area contributed by atoms with E-state index in [-0.39, 0.29) is 12.2 Å². The van der Waals surface area contributed by atoms with Gasteiger partial charge in [-0.05, 0) is 74.7 Å². The zero-order valence-electron chi connectivity index (χ0n) is 17.7. The molecule has 4 rings (SSSR count). The second-order valence-corrected chi connectivity index (χ2v) is 8.32. The third-order valence-corrected chi connectivity index (χ3v) is 5.92. The summed E-state index contributed by atoms with van der Waals surface area (Å²) in [5.74, 6) is -0.0147. The molecule has 0 radical (unpaired) electrons. The molecule has 0 aliphatic rings. The van der Waals surface area contributed by atoms with Crippen molar-refractivity contribution in [1.29, 1.82) is 0 Å². The van der Waals surface area contributed by atoms with Crippen LogP contribution in [0.3, 0.4) is 0 Å². The van der Waals surface area contributed by atoms with Gasteiger partial charge in [0.2, 0.25) is 0 Å². The van der Waals surface area contributed by atoms with Crippen LogP contribution in [0.5, 0.6) is 11.5 Å². The Morgan fingerprint density at radius 2 is 1.68 bits per heavy atom. The number of rotatable bonds is 7. The summed E-state index contributed by atoms with van der Waals surface area (Å²) >= 11 is 9.55. The van der Waals surface area contributed by atoms with Gasteiger partial charge in [0.25, 0.3) is 5.91 Å². The predicted octanol–water partition coefficient (Wildman–Crippen LogP) is 6.00. The van der Waals surface area contributed by atoms with E-state index in [2.05, 4.69) is 26.5 Å². The minimum Gasteiger partial charge on any atom is -0.483 e. The van der Waals surface area contributed by atoms with Crippen molar-refractivity contribution in [2.45, 2.75) is 0 Å². The number of ether oxygens (including phenoxy) is 2. The molecular formula is C26H18BrClN2O4. The van der Waals surface area contributed by atoms with Gasteiger partial charge >= 0.3 is 5.97 Å². The molecule has 170 valence electrons. The fourth-order valence-electron chi connectivity index (χ4n) is 3.09. The van der Waals surface area contributed by atoms with E-state index in [1.807, 2.05) is 36.4 Å². The Balaban J connectivity index is 1.28. The van der Waals surface area contributed by atoms with Gasteiger partial charge in [-0.15, -0.1) is 0 Å². The molecule has 0 saturated heterocycles. The van der Waals surface area contributed by atoms with Gasteiger partial charge in [-0.25, -0.2) is 10.2 Å². The number of nitrogens with one attached hydrogen (secondary N) is 1. The van der Waals surface area contributed by atoms with Crippen LogP contribution in [0.4, 0.5) is 0 Å². The maximum Gasteiger partial charge on any atom is 0.345 e. The number of benzene rings is 4. The van der Waals surface area contributed by atoms with Crippen molar-refractivity contribution in [2.24, 2.45) is 5.10 Å². The quantitative estimate of drug-likeness (QED) is 0.136. The van der Waals surface area contributed by atoms with E-state index in [0.29, 0.717) is 22.1 Å². The minimum absolute atomic E-state index is 0.189. The Morgan fingerprint density at radius 1 is 0.941 bits per heavy atom. The Labute approximate surface area is 209 Å². The molecule has 34 heavy (non-hydrogen) atoms. The zero-order valence-corrected chi connectivity index (χ0v) is 20.0. The first-order valence-electron chi connectivity index (χ1n) is 10.2. The molecule has 0 unspecified atom stereocenters. The summed E-state index contributed by atoms with van der Waals surface area (Å²) in [6, 6.07) is 24.9. The Kier molecular flexibility index (Phi) is 7.57. The van der Waals surface area contributed by atoms with Gasteiger partial charge in [0.1, 0.15) is 11.5 Å². The van der Waals surface area contributed by atoms with Crippen molar-refractivity contribution in [3.05, 3.63) is 106 Å². The van der Waals surface area contributed by atoms with Crippen molar-refractivity contribution in [3.63, 3.8) is 0 Å². The molecule has 4 aromatic rings. The summed E-state index contributed by atoms with van der Waals surface area (Å²) in [5.41, 5.74) is 3.41. The lowest BCUT2D eigenvalue weighted by Gasteiger charge is -2.09. The maximum atomic E-state index is 12.2. The molecule has 0 spiro atoms. The molecule has 1 N–H and O–H groups in total. The Hall–Kier alpha value is -3.68. The summed E-state index contributed by atoms with van der Waals surface area (Å²) in [7, 11) is 0. The first-order chi connectivity index (χ1) is 16.5. The Morgan fingerprint density at radius 3 is 2.47 bits per heavy atom. The number of amides is 1. The van der Waals surface area contributed by atoms with Crippen LogP contribution in [0.15, 0.2) is 94.5 Å². The van der Waals surface area contributed by atoms with Gasteiger partial charge in [-0.2, -0.15) is 5.10 Å². The molecule has 8 heteroatoms. The lowest BCUT2D eigenvalue weighted by atomic mass is 10.1. The zero-order chi connectivity index (χ0) is 23.9. The van der Waals surface area contributed by atoms with E-state index in [0.717, 1.165) is 15.2 Å². The molecule has 0 heterocycles. The van der Waals surface area contributed by atoms with Gasteiger partial charge in [-0.1, -0.05) is 54.1 Å². The number of esters is 1. The number of hydrogen-bond acceptors (Lipinski definition) is 5. The van der Waals surface area contributed by atoms with Crippen LogP contribution < -0.4 is 14.9 Å². The van der Waals surface area contributed by atoms with E-state index >= 15 is 0 Å². The summed E-state index contributed by atoms with van der Waals surface area (Å²) < 4.78 is 11.7. The van der Waals surface area contributed by atoms with Gasteiger partial charge in [0.05, 0.1) is 21.3 Å². The molecule has 0 fully saturated rings. The second kappa shape index (κ2) is 11.0. The number of hydrazone groups is 1. The molecule has 0 aliphatic carbocycles. The van der Waals surface area contributed by atoms with Crippen LogP contribution in [-0.4, -0.2) is 24.7 Å². The third kappa shape index (κ3) is 5.81. The lowest BCUT2D eigenvalue weighted by molar-refractivity contribution is -0.123. The van der Waals surface area contributed by atoms with Crippen LogP contribution in [0.2, 0.25) is 5.02 Å². The highest BCUT2D eigenvalue weighted by atomic mass is 79.9. The van der Waals surface area contributed by atoms with Crippen molar-refractivity contribution in [1.82, 2.24) is 5.43 Å². The molecule has 6 nitrogen and oxygen atoms in total. The van der Waals surface area contributed by atoms with E-state index in [9.17, 15) is 9.59 Å². The lowest BCUT2D eigenvalue weighted by Crippen LogP contribution is -2.24. The monoisotopic (exact) mass is 536 g/mol. The number of carbonyl (C=O) groups excluding carboxylic acids is 2. The summed E-state index contributed by atoms with van der Waals surface area (Å²) in [5, 5.41) is 6.33. The van der Waals surface area contributed by atoms with E-state index in [4.69, 9.17) is 21.1 Å². The molecule has 4 aromatic carbocycles. The summed E-state index contributed by atoms with van der Waals surface area (Å²) in [6.07, 6.45) is 1.48. The van der Waals surface area contributed by atoms with Crippen LogP contribution in [0.1, 0.15) is 15.9 Å². The number of carbonyl (C=O) groups is 2. The topological polar surface area (TPSA) is 77.0 Å². The SMILES string of the molecule is O=C(COc1ccc2ccccc2c1Br)N/N=C/c1ccc(OC(=O)c2ccccc2Cl)cc1. The van der Waals surface area contributed by atoms with Gasteiger partial charge < -0.3 is 9.47 Å². The second-order valence-electron chi connectivity index (χ2n) is 7.12. The highest BCUT2D eigenvalue weighted by Crippen LogP contribution is 2.32. The first kappa shape index (κ1) is 23.5.